The Morgan fingerprint density at radius 2 is 1.94 bits per heavy atom. The zero-order valence-electron chi connectivity index (χ0n) is 10.0. The highest BCUT2D eigenvalue weighted by atomic mass is 16.5. The smallest absolute Gasteiger partial charge is 0.305 e. The maximum Gasteiger partial charge on any atom is 0.305 e. The van der Waals surface area contributed by atoms with Gasteiger partial charge in [-0.05, 0) is 44.0 Å². The molecule has 1 rings (SSSR count). The summed E-state index contributed by atoms with van der Waals surface area (Å²) in [6.07, 6.45) is 2.00. The Labute approximate surface area is 101 Å². The number of hydrogen-bond donors (Lipinski definition) is 1. The van der Waals surface area contributed by atoms with Crippen molar-refractivity contribution in [3.8, 4) is 11.5 Å². The SMILES string of the molecule is CCOC(=O)CCCCOc1ccc(O)cc1. The molecule has 1 N–H and O–H groups in total. The number of hydrogen-bond acceptors (Lipinski definition) is 4. The summed E-state index contributed by atoms with van der Waals surface area (Å²) in [6.45, 7) is 2.79. The van der Waals surface area contributed by atoms with Gasteiger partial charge >= 0.3 is 5.97 Å². The third kappa shape index (κ3) is 5.80. The first-order valence-electron chi connectivity index (χ1n) is 5.80. The van der Waals surface area contributed by atoms with Gasteiger partial charge < -0.3 is 14.6 Å². The molecule has 0 aliphatic heterocycles. The zero-order chi connectivity index (χ0) is 12.5. The number of phenols is 1. The van der Waals surface area contributed by atoms with Crippen LogP contribution in [0.1, 0.15) is 26.2 Å². The third-order valence-electron chi connectivity index (χ3n) is 2.19. The Kier molecular flexibility index (Phi) is 5.93. The fourth-order valence-corrected chi connectivity index (χ4v) is 1.34. The van der Waals surface area contributed by atoms with Crippen LogP contribution in [0.2, 0.25) is 0 Å². The van der Waals surface area contributed by atoms with Crippen molar-refractivity contribution in [1.82, 2.24) is 0 Å². The van der Waals surface area contributed by atoms with E-state index in [0.717, 1.165) is 18.6 Å². The summed E-state index contributed by atoms with van der Waals surface area (Å²) in [7, 11) is 0. The first-order valence-corrected chi connectivity index (χ1v) is 5.80. The van der Waals surface area contributed by atoms with Crippen LogP contribution in [0.15, 0.2) is 24.3 Å². The summed E-state index contributed by atoms with van der Waals surface area (Å²) in [5.74, 6) is 0.788. The molecular formula is C13H18O4. The number of carbonyl (C=O) groups excluding carboxylic acids is 1. The van der Waals surface area contributed by atoms with Gasteiger partial charge in [-0.2, -0.15) is 0 Å². The molecule has 94 valence electrons. The molecule has 1 aromatic rings. The van der Waals surface area contributed by atoms with Crippen LogP contribution in [0, 0.1) is 0 Å². The fourth-order valence-electron chi connectivity index (χ4n) is 1.34. The number of ether oxygens (including phenoxy) is 2. The second-order valence-electron chi connectivity index (χ2n) is 3.60. The van der Waals surface area contributed by atoms with Crippen molar-refractivity contribution >= 4 is 5.97 Å². The molecule has 0 heterocycles. The first kappa shape index (κ1) is 13.4. The number of phenolic OH excluding ortho intramolecular Hbond substituents is 1. The molecule has 0 bridgehead atoms. The molecular weight excluding hydrogens is 220 g/mol. The van der Waals surface area contributed by atoms with E-state index < -0.39 is 0 Å². The molecule has 17 heavy (non-hydrogen) atoms. The van der Waals surface area contributed by atoms with E-state index in [0.29, 0.717) is 19.6 Å². The second kappa shape index (κ2) is 7.54. The van der Waals surface area contributed by atoms with Crippen LogP contribution >= 0.6 is 0 Å². The van der Waals surface area contributed by atoms with Gasteiger partial charge in [-0.25, -0.2) is 0 Å². The lowest BCUT2D eigenvalue weighted by Gasteiger charge is -2.06. The maximum atomic E-state index is 11.0. The number of unbranched alkanes of at least 4 members (excludes halogenated alkanes) is 1. The number of carbonyl (C=O) groups is 1. The molecule has 4 nitrogen and oxygen atoms in total. The molecule has 0 aliphatic rings. The van der Waals surface area contributed by atoms with E-state index in [1.54, 1.807) is 31.2 Å². The van der Waals surface area contributed by atoms with Gasteiger partial charge in [0.2, 0.25) is 0 Å². The summed E-state index contributed by atoms with van der Waals surface area (Å²) in [6, 6.07) is 6.57. The summed E-state index contributed by atoms with van der Waals surface area (Å²) < 4.78 is 10.3. The first-order chi connectivity index (χ1) is 8.22. The van der Waals surface area contributed by atoms with Gasteiger partial charge in [0.05, 0.1) is 13.2 Å². The van der Waals surface area contributed by atoms with E-state index in [-0.39, 0.29) is 11.7 Å². The highest BCUT2D eigenvalue weighted by molar-refractivity contribution is 5.69. The predicted molar refractivity (Wildman–Crippen MR) is 64.1 cm³/mol. The van der Waals surface area contributed by atoms with Crippen molar-refractivity contribution in [2.45, 2.75) is 26.2 Å². The molecule has 0 saturated carbocycles. The molecule has 0 radical (unpaired) electrons. The van der Waals surface area contributed by atoms with E-state index >= 15 is 0 Å². The second-order valence-corrected chi connectivity index (χ2v) is 3.60. The van der Waals surface area contributed by atoms with E-state index in [4.69, 9.17) is 14.6 Å². The quantitative estimate of drug-likeness (QED) is 0.585. The molecule has 0 aromatic heterocycles. The van der Waals surface area contributed by atoms with E-state index in [1.165, 1.54) is 0 Å². The van der Waals surface area contributed by atoms with Crippen LogP contribution in [0.25, 0.3) is 0 Å². The van der Waals surface area contributed by atoms with Crippen molar-refractivity contribution in [2.24, 2.45) is 0 Å². The largest absolute Gasteiger partial charge is 0.508 e. The number of aromatic hydroxyl groups is 1. The van der Waals surface area contributed by atoms with Crippen LogP contribution in [0.3, 0.4) is 0 Å². The van der Waals surface area contributed by atoms with Crippen molar-refractivity contribution in [3.63, 3.8) is 0 Å². The van der Waals surface area contributed by atoms with Crippen molar-refractivity contribution in [3.05, 3.63) is 24.3 Å². The average molecular weight is 238 g/mol. The predicted octanol–water partition coefficient (Wildman–Crippen LogP) is 2.50. The molecule has 0 spiro atoms. The molecule has 0 amide bonds. The van der Waals surface area contributed by atoms with Crippen molar-refractivity contribution in [1.29, 1.82) is 0 Å². The lowest BCUT2D eigenvalue weighted by molar-refractivity contribution is -0.143. The monoisotopic (exact) mass is 238 g/mol. The third-order valence-corrected chi connectivity index (χ3v) is 2.19. The molecule has 0 aliphatic carbocycles. The summed E-state index contributed by atoms with van der Waals surface area (Å²) in [5, 5.41) is 9.07. The Bertz CT molecular complexity index is 332. The highest BCUT2D eigenvalue weighted by Gasteiger charge is 2.01. The van der Waals surface area contributed by atoms with Crippen LogP contribution in [0.4, 0.5) is 0 Å². The van der Waals surface area contributed by atoms with Crippen molar-refractivity contribution < 1.29 is 19.4 Å². The van der Waals surface area contributed by atoms with E-state index in [9.17, 15) is 4.79 Å². The van der Waals surface area contributed by atoms with Crippen LogP contribution in [-0.4, -0.2) is 24.3 Å². The minimum absolute atomic E-state index is 0.155. The molecule has 0 fully saturated rings. The lowest BCUT2D eigenvalue weighted by Crippen LogP contribution is -2.05. The fraction of sp³-hybridized carbons (Fsp3) is 0.462. The Morgan fingerprint density at radius 1 is 1.24 bits per heavy atom. The number of esters is 1. The topological polar surface area (TPSA) is 55.8 Å². The molecule has 4 heteroatoms. The van der Waals surface area contributed by atoms with Gasteiger partial charge in [0.25, 0.3) is 0 Å². The highest BCUT2D eigenvalue weighted by Crippen LogP contribution is 2.16. The standard InChI is InChI=1S/C13H18O4/c1-2-16-13(15)5-3-4-10-17-12-8-6-11(14)7-9-12/h6-9,14H,2-5,10H2,1H3. The summed E-state index contributed by atoms with van der Waals surface area (Å²) in [5.41, 5.74) is 0. The minimum atomic E-state index is -0.155. The van der Waals surface area contributed by atoms with Gasteiger partial charge in [-0.15, -0.1) is 0 Å². The molecule has 0 saturated heterocycles. The van der Waals surface area contributed by atoms with Gasteiger partial charge in [0.1, 0.15) is 11.5 Å². The van der Waals surface area contributed by atoms with Gasteiger partial charge in [-0.3, -0.25) is 4.79 Å². The van der Waals surface area contributed by atoms with Gasteiger partial charge in [-0.1, -0.05) is 0 Å². The average Bonchev–Trinajstić information content (AvgIpc) is 2.31. The summed E-state index contributed by atoms with van der Waals surface area (Å²) in [4.78, 5) is 11.0. The Balaban J connectivity index is 2.08. The minimum Gasteiger partial charge on any atom is -0.508 e. The normalized spacial score (nSPS) is 9.94. The number of benzene rings is 1. The zero-order valence-corrected chi connectivity index (χ0v) is 10.0. The molecule has 0 unspecified atom stereocenters. The van der Waals surface area contributed by atoms with Crippen molar-refractivity contribution in [2.75, 3.05) is 13.2 Å². The maximum absolute atomic E-state index is 11.0. The molecule has 1 aromatic carbocycles. The van der Waals surface area contributed by atoms with Gasteiger partial charge in [0.15, 0.2) is 0 Å². The van der Waals surface area contributed by atoms with Crippen LogP contribution < -0.4 is 4.74 Å². The summed E-state index contributed by atoms with van der Waals surface area (Å²) >= 11 is 0. The van der Waals surface area contributed by atoms with Crippen LogP contribution in [0.5, 0.6) is 11.5 Å². The number of rotatable bonds is 7. The lowest BCUT2D eigenvalue weighted by atomic mass is 10.2. The Hall–Kier alpha value is -1.71. The van der Waals surface area contributed by atoms with E-state index in [1.807, 2.05) is 0 Å². The molecule has 0 atom stereocenters. The Morgan fingerprint density at radius 3 is 2.59 bits per heavy atom. The van der Waals surface area contributed by atoms with Crippen LogP contribution in [-0.2, 0) is 9.53 Å². The van der Waals surface area contributed by atoms with Gasteiger partial charge in [0, 0.05) is 6.42 Å². The van der Waals surface area contributed by atoms with E-state index in [2.05, 4.69) is 0 Å².